The van der Waals surface area contributed by atoms with Gasteiger partial charge in [-0.2, -0.15) is 4.98 Å². The van der Waals surface area contributed by atoms with E-state index in [9.17, 15) is 4.79 Å². The number of carbonyl (C=O) groups excluding carboxylic acids is 1. The SMILES string of the molecule is COc1ccc(Cl)cc1N1C[C@@H](c2nc(-c3ccccc3)no2)CC1=O. The van der Waals surface area contributed by atoms with Crippen molar-refractivity contribution in [2.24, 2.45) is 0 Å². The second-order valence-electron chi connectivity index (χ2n) is 6.04. The van der Waals surface area contributed by atoms with Crippen LogP contribution in [0.1, 0.15) is 18.2 Å². The fourth-order valence-electron chi connectivity index (χ4n) is 3.09. The van der Waals surface area contributed by atoms with Crippen molar-refractivity contribution in [3.63, 3.8) is 0 Å². The lowest BCUT2D eigenvalue weighted by Gasteiger charge is -2.19. The Bertz CT molecular complexity index is 942. The predicted molar refractivity (Wildman–Crippen MR) is 97.4 cm³/mol. The molecule has 6 nitrogen and oxygen atoms in total. The highest BCUT2D eigenvalue weighted by Crippen LogP contribution is 2.37. The topological polar surface area (TPSA) is 68.5 Å². The van der Waals surface area contributed by atoms with E-state index < -0.39 is 0 Å². The highest BCUT2D eigenvalue weighted by molar-refractivity contribution is 6.31. The lowest BCUT2D eigenvalue weighted by molar-refractivity contribution is -0.117. The van der Waals surface area contributed by atoms with E-state index in [0.29, 0.717) is 41.1 Å². The molecule has 26 heavy (non-hydrogen) atoms. The van der Waals surface area contributed by atoms with Crippen LogP contribution in [0.4, 0.5) is 5.69 Å². The summed E-state index contributed by atoms with van der Waals surface area (Å²) in [5, 5.41) is 4.58. The van der Waals surface area contributed by atoms with Gasteiger partial charge in [-0.3, -0.25) is 4.79 Å². The van der Waals surface area contributed by atoms with E-state index in [4.69, 9.17) is 20.9 Å². The van der Waals surface area contributed by atoms with Gasteiger partial charge in [0, 0.05) is 23.6 Å². The first-order valence-corrected chi connectivity index (χ1v) is 8.56. The van der Waals surface area contributed by atoms with Crippen molar-refractivity contribution >= 4 is 23.2 Å². The Kier molecular flexibility index (Phi) is 4.34. The molecular formula is C19H16ClN3O3. The predicted octanol–water partition coefficient (Wildman–Crippen LogP) is 3.92. The molecule has 1 aliphatic heterocycles. The first-order valence-electron chi connectivity index (χ1n) is 8.18. The monoisotopic (exact) mass is 369 g/mol. The zero-order valence-electron chi connectivity index (χ0n) is 14.1. The summed E-state index contributed by atoms with van der Waals surface area (Å²) in [4.78, 5) is 18.7. The molecule has 0 unspecified atom stereocenters. The van der Waals surface area contributed by atoms with Gasteiger partial charge in [-0.25, -0.2) is 0 Å². The molecule has 1 aliphatic rings. The molecule has 7 heteroatoms. The molecular weight excluding hydrogens is 354 g/mol. The molecule has 132 valence electrons. The van der Waals surface area contributed by atoms with E-state index in [-0.39, 0.29) is 11.8 Å². The molecule has 3 aromatic rings. The van der Waals surface area contributed by atoms with Gasteiger partial charge in [0.05, 0.1) is 18.7 Å². The maximum absolute atomic E-state index is 12.6. The maximum Gasteiger partial charge on any atom is 0.232 e. The number of aromatic nitrogens is 2. The van der Waals surface area contributed by atoms with Crippen molar-refractivity contribution in [3.05, 3.63) is 59.4 Å². The molecule has 0 bridgehead atoms. The number of carbonyl (C=O) groups is 1. The minimum absolute atomic E-state index is 0.0324. The summed E-state index contributed by atoms with van der Waals surface area (Å²) in [6, 6.07) is 14.8. The van der Waals surface area contributed by atoms with Crippen LogP contribution in [0.2, 0.25) is 5.02 Å². The van der Waals surface area contributed by atoms with Crippen LogP contribution in [-0.4, -0.2) is 29.7 Å². The molecule has 0 saturated carbocycles. The number of hydrogen-bond donors (Lipinski definition) is 0. The molecule has 0 spiro atoms. The van der Waals surface area contributed by atoms with E-state index in [0.717, 1.165) is 5.56 Å². The molecule has 1 aromatic heterocycles. The number of ether oxygens (including phenoxy) is 1. The average Bonchev–Trinajstić information content (AvgIpc) is 3.29. The zero-order valence-corrected chi connectivity index (χ0v) is 14.8. The van der Waals surface area contributed by atoms with Crippen molar-refractivity contribution in [2.45, 2.75) is 12.3 Å². The van der Waals surface area contributed by atoms with Crippen molar-refractivity contribution in [1.82, 2.24) is 10.1 Å². The van der Waals surface area contributed by atoms with E-state index in [2.05, 4.69) is 10.1 Å². The van der Waals surface area contributed by atoms with E-state index in [1.807, 2.05) is 30.3 Å². The fourth-order valence-corrected chi connectivity index (χ4v) is 3.25. The largest absolute Gasteiger partial charge is 0.495 e. The normalized spacial score (nSPS) is 16.9. The zero-order chi connectivity index (χ0) is 18.1. The molecule has 1 saturated heterocycles. The molecule has 1 fully saturated rings. The number of hydrogen-bond acceptors (Lipinski definition) is 5. The van der Waals surface area contributed by atoms with Crippen LogP contribution in [0.15, 0.2) is 53.1 Å². The number of halogens is 1. The van der Waals surface area contributed by atoms with Crippen LogP contribution in [0.5, 0.6) is 5.75 Å². The van der Waals surface area contributed by atoms with Crippen LogP contribution in [0, 0.1) is 0 Å². The van der Waals surface area contributed by atoms with Crippen molar-refractivity contribution in [3.8, 4) is 17.1 Å². The lowest BCUT2D eigenvalue weighted by Crippen LogP contribution is -2.24. The van der Waals surface area contributed by atoms with Crippen LogP contribution < -0.4 is 9.64 Å². The Morgan fingerprint density at radius 1 is 1.23 bits per heavy atom. The Hall–Kier alpha value is -2.86. The van der Waals surface area contributed by atoms with Gasteiger partial charge in [0.25, 0.3) is 0 Å². The molecule has 0 aliphatic carbocycles. The maximum atomic E-state index is 12.6. The summed E-state index contributed by atoms with van der Waals surface area (Å²) in [6.45, 7) is 0.436. The molecule has 4 rings (SSSR count). The smallest absolute Gasteiger partial charge is 0.232 e. The van der Waals surface area contributed by atoms with Crippen LogP contribution in [0.25, 0.3) is 11.4 Å². The van der Waals surface area contributed by atoms with E-state index in [1.165, 1.54) is 0 Å². The molecule has 2 aromatic carbocycles. The van der Waals surface area contributed by atoms with Gasteiger partial charge < -0.3 is 14.2 Å². The summed E-state index contributed by atoms with van der Waals surface area (Å²) in [5.74, 6) is 1.37. The Morgan fingerprint density at radius 2 is 2.04 bits per heavy atom. The van der Waals surface area contributed by atoms with Crippen molar-refractivity contribution in [2.75, 3.05) is 18.6 Å². The number of anilines is 1. The second kappa shape index (κ2) is 6.80. The first kappa shape index (κ1) is 16.6. The third-order valence-electron chi connectivity index (χ3n) is 4.38. The van der Waals surface area contributed by atoms with Gasteiger partial charge in [-0.05, 0) is 18.2 Å². The Labute approximate surface area is 155 Å². The number of amides is 1. The summed E-state index contributed by atoms with van der Waals surface area (Å²) >= 11 is 6.09. The third kappa shape index (κ3) is 3.04. The summed E-state index contributed by atoms with van der Waals surface area (Å²) in [5.41, 5.74) is 1.52. The number of benzene rings is 2. The van der Waals surface area contributed by atoms with Gasteiger partial charge in [0.2, 0.25) is 17.6 Å². The highest BCUT2D eigenvalue weighted by Gasteiger charge is 2.36. The average molecular weight is 370 g/mol. The van der Waals surface area contributed by atoms with Gasteiger partial charge in [0.1, 0.15) is 5.75 Å². The Balaban J connectivity index is 1.59. The van der Waals surface area contributed by atoms with Crippen LogP contribution in [0.3, 0.4) is 0 Å². The minimum Gasteiger partial charge on any atom is -0.495 e. The number of rotatable bonds is 4. The second-order valence-corrected chi connectivity index (χ2v) is 6.48. The van der Waals surface area contributed by atoms with E-state index in [1.54, 1.807) is 30.2 Å². The van der Waals surface area contributed by atoms with Crippen LogP contribution in [-0.2, 0) is 4.79 Å². The van der Waals surface area contributed by atoms with Crippen molar-refractivity contribution in [1.29, 1.82) is 0 Å². The number of nitrogens with zero attached hydrogens (tertiary/aromatic N) is 3. The van der Waals surface area contributed by atoms with E-state index >= 15 is 0 Å². The molecule has 2 heterocycles. The van der Waals surface area contributed by atoms with Gasteiger partial charge >= 0.3 is 0 Å². The first-order chi connectivity index (χ1) is 12.7. The van der Waals surface area contributed by atoms with Gasteiger partial charge in [0.15, 0.2) is 0 Å². The van der Waals surface area contributed by atoms with Crippen LogP contribution >= 0.6 is 11.6 Å². The number of methoxy groups -OCH3 is 1. The minimum atomic E-state index is -0.170. The quantitative estimate of drug-likeness (QED) is 0.697. The summed E-state index contributed by atoms with van der Waals surface area (Å²) < 4.78 is 10.8. The lowest BCUT2D eigenvalue weighted by atomic mass is 10.1. The fraction of sp³-hybridized carbons (Fsp3) is 0.211. The third-order valence-corrected chi connectivity index (χ3v) is 4.61. The highest BCUT2D eigenvalue weighted by atomic mass is 35.5. The summed E-state index contributed by atoms with van der Waals surface area (Å²) in [7, 11) is 1.56. The molecule has 1 amide bonds. The summed E-state index contributed by atoms with van der Waals surface area (Å²) in [6.07, 6.45) is 0.298. The Morgan fingerprint density at radius 3 is 2.81 bits per heavy atom. The standard InChI is InChI=1S/C19H16ClN3O3/c1-25-16-8-7-14(20)10-15(16)23-11-13(9-17(23)24)19-21-18(22-26-19)12-5-3-2-4-6-12/h2-8,10,13H,9,11H2,1H3/t13-/m0/s1. The van der Waals surface area contributed by atoms with Gasteiger partial charge in [-0.15, -0.1) is 0 Å². The molecule has 1 atom stereocenters. The van der Waals surface area contributed by atoms with Gasteiger partial charge in [-0.1, -0.05) is 47.1 Å². The molecule has 0 radical (unpaired) electrons. The van der Waals surface area contributed by atoms with Crippen molar-refractivity contribution < 1.29 is 14.1 Å². The molecule has 0 N–H and O–H groups in total.